The maximum absolute atomic E-state index is 13.1. The predicted molar refractivity (Wildman–Crippen MR) is 131 cm³/mol. The summed E-state index contributed by atoms with van der Waals surface area (Å²) in [7, 11) is -1.08. The standard InChI is InChI=1S/C25H30N2O7S/c1-33-24(29)19-12-13-21(25(30)34-2)22(16-19)26-23(28)20-11-6-14-27(17-20)35(31,32)15-7-10-18-8-4-3-5-9-18/h3-5,8-9,12-13,16,20H,6-7,10-11,14-15,17H2,1-2H3,(H,26,28). The summed E-state index contributed by atoms with van der Waals surface area (Å²) in [6, 6.07) is 13.8. The molecule has 0 saturated carbocycles. The molecule has 1 atom stereocenters. The first kappa shape index (κ1) is 26.4. The Balaban J connectivity index is 1.67. The topological polar surface area (TPSA) is 119 Å². The molecule has 35 heavy (non-hydrogen) atoms. The van der Waals surface area contributed by atoms with E-state index >= 15 is 0 Å². The molecule has 1 aliphatic rings. The Labute approximate surface area is 205 Å². The van der Waals surface area contributed by atoms with Crippen LogP contribution in [0.25, 0.3) is 0 Å². The third-order valence-electron chi connectivity index (χ3n) is 5.96. The zero-order valence-electron chi connectivity index (χ0n) is 19.9. The third kappa shape index (κ3) is 6.89. The summed E-state index contributed by atoms with van der Waals surface area (Å²) in [6.45, 7) is 0.423. The maximum Gasteiger partial charge on any atom is 0.339 e. The molecule has 2 aromatic rings. The van der Waals surface area contributed by atoms with Gasteiger partial charge >= 0.3 is 11.9 Å². The molecule has 0 aliphatic carbocycles. The summed E-state index contributed by atoms with van der Waals surface area (Å²) in [5, 5.41) is 2.68. The van der Waals surface area contributed by atoms with Crippen molar-refractivity contribution in [3.63, 3.8) is 0 Å². The Bertz CT molecular complexity index is 1170. The highest BCUT2D eigenvalue weighted by Crippen LogP contribution is 2.25. The van der Waals surface area contributed by atoms with E-state index in [1.54, 1.807) is 0 Å². The van der Waals surface area contributed by atoms with Gasteiger partial charge in [0.05, 0.1) is 42.7 Å². The molecule has 1 amide bonds. The van der Waals surface area contributed by atoms with Crippen molar-refractivity contribution in [1.29, 1.82) is 0 Å². The van der Waals surface area contributed by atoms with Gasteiger partial charge in [-0.2, -0.15) is 0 Å². The average Bonchev–Trinajstić information content (AvgIpc) is 2.88. The number of benzene rings is 2. The van der Waals surface area contributed by atoms with Gasteiger partial charge in [0, 0.05) is 13.1 Å². The Kier molecular flexibility index (Phi) is 9.00. The molecule has 10 heteroatoms. The van der Waals surface area contributed by atoms with Crippen molar-refractivity contribution >= 4 is 33.6 Å². The van der Waals surface area contributed by atoms with Crippen molar-refractivity contribution in [2.75, 3.05) is 38.4 Å². The zero-order valence-corrected chi connectivity index (χ0v) is 20.7. The number of nitrogens with one attached hydrogen (secondary N) is 1. The Morgan fingerprint density at radius 3 is 2.43 bits per heavy atom. The van der Waals surface area contributed by atoms with Crippen LogP contribution in [0.5, 0.6) is 0 Å². The summed E-state index contributed by atoms with van der Waals surface area (Å²) < 4.78 is 36.7. The fraction of sp³-hybridized carbons (Fsp3) is 0.400. The van der Waals surface area contributed by atoms with Gasteiger partial charge in [-0.05, 0) is 49.4 Å². The smallest absolute Gasteiger partial charge is 0.339 e. The van der Waals surface area contributed by atoms with E-state index in [1.807, 2.05) is 30.3 Å². The van der Waals surface area contributed by atoms with Crippen LogP contribution >= 0.6 is 0 Å². The summed E-state index contributed by atoms with van der Waals surface area (Å²) in [4.78, 5) is 37.1. The molecular formula is C25H30N2O7S. The molecule has 1 fully saturated rings. The predicted octanol–water partition coefficient (Wildman–Crippen LogP) is 2.87. The van der Waals surface area contributed by atoms with Gasteiger partial charge < -0.3 is 14.8 Å². The second-order valence-corrected chi connectivity index (χ2v) is 10.4. The fourth-order valence-corrected chi connectivity index (χ4v) is 5.64. The number of amides is 1. The maximum atomic E-state index is 13.1. The molecule has 3 rings (SSSR count). The first-order chi connectivity index (χ1) is 16.7. The minimum atomic E-state index is -3.52. The highest BCUT2D eigenvalue weighted by molar-refractivity contribution is 7.89. The number of carbonyl (C=O) groups excluding carboxylic acids is 3. The van der Waals surface area contributed by atoms with E-state index in [4.69, 9.17) is 9.47 Å². The second kappa shape index (κ2) is 11.9. The first-order valence-electron chi connectivity index (χ1n) is 11.4. The van der Waals surface area contributed by atoms with Crippen LogP contribution in [-0.4, -0.2) is 63.6 Å². The number of esters is 2. The minimum Gasteiger partial charge on any atom is -0.465 e. The van der Waals surface area contributed by atoms with Gasteiger partial charge in [0.15, 0.2) is 0 Å². The van der Waals surface area contributed by atoms with Gasteiger partial charge in [-0.3, -0.25) is 4.79 Å². The number of aryl methyl sites for hydroxylation is 1. The van der Waals surface area contributed by atoms with Gasteiger partial charge in [0.1, 0.15) is 0 Å². The van der Waals surface area contributed by atoms with Crippen LogP contribution in [0.1, 0.15) is 45.5 Å². The van der Waals surface area contributed by atoms with Crippen molar-refractivity contribution in [2.24, 2.45) is 5.92 Å². The molecular weight excluding hydrogens is 472 g/mol. The van der Waals surface area contributed by atoms with Gasteiger partial charge in [-0.1, -0.05) is 30.3 Å². The van der Waals surface area contributed by atoms with E-state index in [2.05, 4.69) is 5.32 Å². The molecule has 1 aliphatic heterocycles. The highest BCUT2D eigenvalue weighted by Gasteiger charge is 2.32. The number of methoxy groups -OCH3 is 2. The van der Waals surface area contributed by atoms with Crippen LogP contribution in [0.3, 0.4) is 0 Å². The molecule has 1 saturated heterocycles. The van der Waals surface area contributed by atoms with E-state index < -0.39 is 33.8 Å². The Morgan fingerprint density at radius 2 is 1.74 bits per heavy atom. The van der Waals surface area contributed by atoms with Crippen LogP contribution in [0.15, 0.2) is 48.5 Å². The lowest BCUT2D eigenvalue weighted by atomic mass is 9.98. The number of carbonyl (C=O) groups is 3. The number of piperidine rings is 1. The van der Waals surface area contributed by atoms with Crippen LogP contribution in [0, 0.1) is 5.92 Å². The molecule has 1 heterocycles. The first-order valence-corrected chi connectivity index (χ1v) is 13.0. The van der Waals surface area contributed by atoms with Crippen molar-refractivity contribution < 1.29 is 32.3 Å². The number of rotatable bonds is 9. The lowest BCUT2D eigenvalue weighted by Crippen LogP contribution is -2.44. The van der Waals surface area contributed by atoms with Crippen LogP contribution in [0.2, 0.25) is 0 Å². The average molecular weight is 503 g/mol. The second-order valence-electron chi connectivity index (χ2n) is 8.34. The van der Waals surface area contributed by atoms with Crippen molar-refractivity contribution in [2.45, 2.75) is 25.7 Å². The molecule has 0 spiro atoms. The number of sulfonamides is 1. The molecule has 188 valence electrons. The molecule has 9 nitrogen and oxygen atoms in total. The molecule has 0 bridgehead atoms. The monoisotopic (exact) mass is 502 g/mol. The number of anilines is 1. The van der Waals surface area contributed by atoms with E-state index in [1.165, 1.54) is 36.7 Å². The van der Waals surface area contributed by atoms with Crippen LogP contribution < -0.4 is 5.32 Å². The number of ether oxygens (including phenoxy) is 2. The van der Waals surface area contributed by atoms with E-state index in [0.717, 1.165) is 5.56 Å². The summed E-state index contributed by atoms with van der Waals surface area (Å²) in [5.74, 6) is -2.32. The molecule has 2 aromatic carbocycles. The number of hydrogen-bond acceptors (Lipinski definition) is 7. The zero-order chi connectivity index (χ0) is 25.4. The fourth-order valence-electron chi connectivity index (χ4n) is 4.06. The Morgan fingerprint density at radius 1 is 1.03 bits per heavy atom. The van der Waals surface area contributed by atoms with Crippen molar-refractivity contribution in [3.05, 3.63) is 65.2 Å². The Hall–Kier alpha value is -3.24. The molecule has 0 radical (unpaired) electrons. The molecule has 0 aromatic heterocycles. The summed E-state index contributed by atoms with van der Waals surface area (Å²) >= 11 is 0. The van der Waals surface area contributed by atoms with Crippen molar-refractivity contribution in [1.82, 2.24) is 4.31 Å². The SMILES string of the molecule is COC(=O)c1ccc(C(=O)OC)c(NC(=O)C2CCCN(S(=O)(=O)CCCc3ccccc3)C2)c1. The van der Waals surface area contributed by atoms with Gasteiger partial charge in [-0.25, -0.2) is 22.3 Å². The lowest BCUT2D eigenvalue weighted by molar-refractivity contribution is -0.120. The van der Waals surface area contributed by atoms with Gasteiger partial charge in [0.25, 0.3) is 0 Å². The normalized spacial score (nSPS) is 16.3. The van der Waals surface area contributed by atoms with E-state index in [0.29, 0.717) is 32.2 Å². The quantitative estimate of drug-likeness (QED) is 0.524. The van der Waals surface area contributed by atoms with E-state index in [9.17, 15) is 22.8 Å². The summed E-state index contributed by atoms with van der Waals surface area (Å²) in [5.41, 5.74) is 1.42. The number of nitrogens with zero attached hydrogens (tertiary/aromatic N) is 1. The van der Waals surface area contributed by atoms with E-state index in [-0.39, 0.29) is 29.1 Å². The lowest BCUT2D eigenvalue weighted by Gasteiger charge is -2.31. The van der Waals surface area contributed by atoms with Gasteiger partial charge in [-0.15, -0.1) is 0 Å². The molecule has 1 N–H and O–H groups in total. The summed E-state index contributed by atoms with van der Waals surface area (Å²) in [6.07, 6.45) is 2.20. The van der Waals surface area contributed by atoms with Gasteiger partial charge in [0.2, 0.25) is 15.9 Å². The molecule has 1 unspecified atom stereocenters. The third-order valence-corrected chi connectivity index (χ3v) is 7.89. The number of hydrogen-bond donors (Lipinski definition) is 1. The largest absolute Gasteiger partial charge is 0.465 e. The highest BCUT2D eigenvalue weighted by atomic mass is 32.2. The minimum absolute atomic E-state index is 0.00387. The van der Waals surface area contributed by atoms with Crippen LogP contribution in [-0.2, 0) is 30.7 Å². The van der Waals surface area contributed by atoms with Crippen molar-refractivity contribution in [3.8, 4) is 0 Å². The van der Waals surface area contributed by atoms with Crippen LogP contribution in [0.4, 0.5) is 5.69 Å².